The number of hydrogen-bond acceptors (Lipinski definition) is 7. The second kappa shape index (κ2) is 10.9. The van der Waals surface area contributed by atoms with E-state index in [0.29, 0.717) is 19.0 Å². The fourth-order valence-electron chi connectivity index (χ4n) is 5.45. The van der Waals surface area contributed by atoms with E-state index in [-0.39, 0.29) is 34.2 Å². The smallest absolute Gasteiger partial charge is 0.253 e. The number of nitrogens with two attached hydrogens (primary N) is 2. The quantitative estimate of drug-likeness (QED) is 0.266. The number of ether oxygens (including phenoxy) is 1. The van der Waals surface area contributed by atoms with E-state index in [9.17, 15) is 14.9 Å². The highest BCUT2D eigenvalue weighted by atomic mass is 16.5. The van der Waals surface area contributed by atoms with E-state index in [0.717, 1.165) is 63.6 Å². The van der Waals surface area contributed by atoms with Gasteiger partial charge in [-0.25, -0.2) is 0 Å². The summed E-state index contributed by atoms with van der Waals surface area (Å²) in [5, 5.41) is 12.3. The largest absolute Gasteiger partial charge is 0.485 e. The lowest BCUT2D eigenvalue weighted by Gasteiger charge is -2.53. The number of carbonyl (C=O) groups excluding carboxylic acids is 2. The van der Waals surface area contributed by atoms with Crippen LogP contribution in [-0.2, 0) is 9.59 Å². The van der Waals surface area contributed by atoms with Gasteiger partial charge in [-0.15, -0.1) is 0 Å². The van der Waals surface area contributed by atoms with Crippen LogP contribution in [0.25, 0.3) is 0 Å². The summed E-state index contributed by atoms with van der Waals surface area (Å²) in [5.74, 6) is 0.0276. The molecule has 0 spiro atoms. The minimum Gasteiger partial charge on any atom is -0.485 e. The third kappa shape index (κ3) is 6.50. The van der Waals surface area contributed by atoms with Crippen LogP contribution in [0.3, 0.4) is 0 Å². The Labute approximate surface area is 218 Å². The first-order valence-electron chi connectivity index (χ1n) is 13.1. The maximum atomic E-state index is 12.4. The highest BCUT2D eigenvalue weighted by Crippen LogP contribution is 2.43. The second-order valence-electron chi connectivity index (χ2n) is 11.2. The molecule has 0 aromatic heterocycles. The summed E-state index contributed by atoms with van der Waals surface area (Å²) in [6, 6.07) is 10.9. The van der Waals surface area contributed by atoms with Gasteiger partial charge in [0.1, 0.15) is 17.2 Å². The van der Waals surface area contributed by atoms with Crippen LogP contribution in [0.15, 0.2) is 41.0 Å². The van der Waals surface area contributed by atoms with Gasteiger partial charge in [0.25, 0.3) is 5.91 Å². The lowest BCUT2D eigenvalue weighted by Crippen LogP contribution is -2.66. The molecule has 3 aliphatic rings. The van der Waals surface area contributed by atoms with Crippen LogP contribution < -0.4 is 21.5 Å². The fraction of sp³-hybridized carbons (Fsp3) is 0.571. The third-order valence-corrected chi connectivity index (χ3v) is 7.90. The molecule has 1 saturated heterocycles. The molecule has 0 bridgehead atoms. The monoisotopic (exact) mass is 506 g/mol. The highest BCUT2D eigenvalue weighted by molar-refractivity contribution is 6.23. The lowest BCUT2D eigenvalue weighted by molar-refractivity contribution is -0.120. The normalized spacial score (nSPS) is 26.0. The number of aliphatic imine (C=N–C) groups is 1. The number of benzene rings is 1. The van der Waals surface area contributed by atoms with Crippen LogP contribution in [0.4, 0.5) is 0 Å². The summed E-state index contributed by atoms with van der Waals surface area (Å²) < 4.78 is 6.27. The second-order valence-corrected chi connectivity index (χ2v) is 11.2. The molecule has 1 heterocycles. The average Bonchev–Trinajstić information content (AvgIpc) is 3.69. The Balaban J connectivity index is 1.36. The molecular formula is C28H38N6O3. The predicted molar refractivity (Wildman–Crippen MR) is 141 cm³/mol. The van der Waals surface area contributed by atoms with Crippen molar-refractivity contribution in [1.29, 1.82) is 5.26 Å². The molecule has 1 aromatic rings. The van der Waals surface area contributed by atoms with Gasteiger partial charge >= 0.3 is 0 Å². The standard InChI is InChI=1S/C28H38N6O3/c1-19-3-7-22(8-4-19)37-27(2)17-34(18-27)21-9-11-28(12-10-21,13-14-29)16-32-25(23(15-30)24(31)35)33-26(36)20-5-6-20/h3-4,7-8,15,20-21H,5-6,9-13,16-18,30H2,1-2H3,(H2,31,35)(H,32,33,36)/b23-15-. The third-order valence-electron chi connectivity index (χ3n) is 7.90. The van der Waals surface area contributed by atoms with E-state index in [2.05, 4.69) is 47.3 Å². The minimum atomic E-state index is -0.746. The van der Waals surface area contributed by atoms with E-state index in [1.54, 1.807) is 0 Å². The molecule has 2 saturated carbocycles. The molecule has 9 nitrogen and oxygen atoms in total. The SMILES string of the molecule is Cc1ccc(OC2(C)CN(C3CCC(CC#N)(CN=C(NC(=O)C4CC4)/C(=C\N)C(N)=O)CC3)C2)cc1. The van der Waals surface area contributed by atoms with Crippen LogP contribution in [0.2, 0.25) is 0 Å². The number of amidine groups is 1. The Morgan fingerprint density at radius 3 is 2.41 bits per heavy atom. The van der Waals surface area contributed by atoms with Gasteiger partial charge in [-0.05, 0) is 64.5 Å². The Morgan fingerprint density at radius 2 is 1.86 bits per heavy atom. The molecule has 4 rings (SSSR count). The average molecular weight is 507 g/mol. The van der Waals surface area contributed by atoms with Crippen molar-refractivity contribution in [3.63, 3.8) is 0 Å². The van der Waals surface area contributed by atoms with Crippen molar-refractivity contribution >= 4 is 17.6 Å². The summed E-state index contributed by atoms with van der Waals surface area (Å²) in [5.41, 5.74) is 11.8. The van der Waals surface area contributed by atoms with E-state index in [1.807, 2.05) is 12.1 Å². The van der Waals surface area contributed by atoms with Crippen LogP contribution >= 0.6 is 0 Å². The Bertz CT molecular complexity index is 1100. The van der Waals surface area contributed by atoms with Crippen molar-refractivity contribution in [1.82, 2.24) is 10.2 Å². The molecule has 0 atom stereocenters. The van der Waals surface area contributed by atoms with Gasteiger partial charge in [0.2, 0.25) is 5.91 Å². The van der Waals surface area contributed by atoms with E-state index in [4.69, 9.17) is 16.2 Å². The van der Waals surface area contributed by atoms with Crippen molar-refractivity contribution in [3.8, 4) is 11.8 Å². The Hall–Kier alpha value is -3.38. The van der Waals surface area contributed by atoms with Gasteiger partial charge < -0.3 is 21.5 Å². The summed E-state index contributed by atoms with van der Waals surface area (Å²) in [7, 11) is 0. The Kier molecular flexibility index (Phi) is 7.88. The number of nitrogens with zero attached hydrogens (tertiary/aromatic N) is 3. The van der Waals surface area contributed by atoms with Gasteiger partial charge in [-0.1, -0.05) is 17.7 Å². The van der Waals surface area contributed by atoms with Gasteiger partial charge in [0.15, 0.2) is 0 Å². The maximum Gasteiger partial charge on any atom is 0.253 e. The number of likely N-dealkylation sites (tertiary alicyclic amines) is 1. The first kappa shape index (κ1) is 26.7. The van der Waals surface area contributed by atoms with Crippen molar-refractivity contribution < 1.29 is 14.3 Å². The van der Waals surface area contributed by atoms with Crippen molar-refractivity contribution in [2.45, 2.75) is 70.4 Å². The molecule has 1 aromatic carbocycles. The van der Waals surface area contributed by atoms with E-state index in [1.165, 1.54) is 5.56 Å². The van der Waals surface area contributed by atoms with Crippen LogP contribution in [0.1, 0.15) is 57.4 Å². The highest BCUT2D eigenvalue weighted by Gasteiger charge is 2.46. The Morgan fingerprint density at radius 1 is 1.22 bits per heavy atom. The predicted octanol–water partition coefficient (Wildman–Crippen LogP) is 2.54. The topological polar surface area (TPSA) is 147 Å². The fourth-order valence-corrected chi connectivity index (χ4v) is 5.45. The number of carbonyl (C=O) groups is 2. The number of nitriles is 1. The summed E-state index contributed by atoms with van der Waals surface area (Å²) >= 11 is 0. The number of nitrogens with one attached hydrogen (secondary N) is 1. The van der Waals surface area contributed by atoms with Gasteiger partial charge in [0.05, 0.1) is 11.6 Å². The zero-order valence-corrected chi connectivity index (χ0v) is 21.8. The number of aryl methyl sites for hydroxylation is 1. The number of hydrogen-bond donors (Lipinski definition) is 3. The van der Waals surface area contributed by atoms with Crippen LogP contribution in [-0.4, -0.2) is 53.8 Å². The molecule has 0 unspecified atom stereocenters. The van der Waals surface area contributed by atoms with Crippen molar-refractivity contribution in [2.24, 2.45) is 27.8 Å². The number of amides is 2. The molecule has 2 aliphatic carbocycles. The van der Waals surface area contributed by atoms with E-state index >= 15 is 0 Å². The maximum absolute atomic E-state index is 12.4. The number of primary amides is 1. The molecule has 5 N–H and O–H groups in total. The van der Waals surface area contributed by atoms with Gasteiger partial charge in [0, 0.05) is 49.6 Å². The molecule has 1 aliphatic heterocycles. The van der Waals surface area contributed by atoms with E-state index < -0.39 is 5.91 Å². The molecule has 0 radical (unpaired) electrons. The summed E-state index contributed by atoms with van der Waals surface area (Å²) in [4.78, 5) is 31.4. The summed E-state index contributed by atoms with van der Waals surface area (Å²) in [6.45, 7) is 6.28. The zero-order chi connectivity index (χ0) is 26.6. The molecule has 198 valence electrons. The van der Waals surface area contributed by atoms with Crippen LogP contribution in [0, 0.1) is 29.6 Å². The lowest BCUT2D eigenvalue weighted by atomic mass is 9.69. The van der Waals surface area contributed by atoms with Crippen molar-refractivity contribution in [2.75, 3.05) is 19.6 Å². The van der Waals surface area contributed by atoms with Gasteiger partial charge in [-0.2, -0.15) is 5.26 Å². The van der Waals surface area contributed by atoms with Crippen LogP contribution in [0.5, 0.6) is 5.75 Å². The van der Waals surface area contributed by atoms with Gasteiger partial charge in [-0.3, -0.25) is 19.5 Å². The first-order chi connectivity index (χ1) is 17.7. The number of rotatable bonds is 9. The molecule has 3 fully saturated rings. The zero-order valence-electron chi connectivity index (χ0n) is 21.8. The minimum absolute atomic E-state index is 0.0109. The summed E-state index contributed by atoms with van der Waals surface area (Å²) in [6.07, 6.45) is 6.67. The molecule has 2 amide bonds. The molecule has 9 heteroatoms. The first-order valence-corrected chi connectivity index (χ1v) is 13.1. The molecule has 37 heavy (non-hydrogen) atoms. The molecular weight excluding hydrogens is 468 g/mol. The van der Waals surface area contributed by atoms with Crippen molar-refractivity contribution in [3.05, 3.63) is 41.6 Å².